The van der Waals surface area contributed by atoms with Crippen molar-refractivity contribution in [2.45, 2.75) is 65.9 Å². The van der Waals surface area contributed by atoms with Crippen LogP contribution in [-0.2, 0) is 9.53 Å². The Morgan fingerprint density at radius 3 is 2.47 bits per heavy atom. The molecule has 0 saturated heterocycles. The van der Waals surface area contributed by atoms with Gasteiger partial charge in [-0.05, 0) is 59.1 Å². The van der Waals surface area contributed by atoms with E-state index in [1.807, 2.05) is 6.92 Å². The van der Waals surface area contributed by atoms with Gasteiger partial charge in [-0.1, -0.05) is 18.0 Å². The minimum atomic E-state index is -0.530. The Hall–Kier alpha value is -2.54. The van der Waals surface area contributed by atoms with E-state index in [9.17, 15) is 14.4 Å². The number of alkyl carbamates (subject to hydrolysis) is 1. The summed E-state index contributed by atoms with van der Waals surface area (Å²) in [6.07, 6.45) is 1.81. The first-order valence-corrected chi connectivity index (χ1v) is 10.3. The molecular weight excluding hydrogens is 410 g/mol. The van der Waals surface area contributed by atoms with Gasteiger partial charge >= 0.3 is 17.7 Å². The summed E-state index contributed by atoms with van der Waals surface area (Å²) >= 11 is 6.24. The molecular formula is C22H28ClNO6. The van der Waals surface area contributed by atoms with E-state index in [0.717, 1.165) is 12.0 Å². The minimum Gasteiger partial charge on any atom is -0.444 e. The molecule has 0 bridgehead atoms. The Labute approximate surface area is 180 Å². The first-order valence-electron chi connectivity index (χ1n) is 9.89. The third-order valence-corrected chi connectivity index (χ3v) is 4.75. The van der Waals surface area contributed by atoms with Crippen LogP contribution in [-0.4, -0.2) is 24.2 Å². The lowest BCUT2D eigenvalue weighted by Gasteiger charge is -2.19. The SMILES string of the molecule is Cc1c(C)c2cc(Cl)c(OC(=O)CCCCCNC(=O)OC(C)(C)C)cc2oc1=O. The van der Waals surface area contributed by atoms with E-state index in [2.05, 4.69) is 5.32 Å². The van der Waals surface area contributed by atoms with Crippen molar-refractivity contribution in [2.75, 3.05) is 6.54 Å². The van der Waals surface area contributed by atoms with Crippen LogP contribution in [0.25, 0.3) is 11.0 Å². The second-order valence-corrected chi connectivity index (χ2v) is 8.54. The number of unbranched alkanes of at least 4 members (excludes halogenated alkanes) is 2. The smallest absolute Gasteiger partial charge is 0.407 e. The molecule has 0 aliphatic rings. The summed E-state index contributed by atoms with van der Waals surface area (Å²) in [5, 5.41) is 3.65. The molecule has 2 aromatic rings. The zero-order valence-corrected chi connectivity index (χ0v) is 18.8. The van der Waals surface area contributed by atoms with Gasteiger partial charge in [0.05, 0.1) is 5.02 Å². The molecule has 1 N–H and O–H groups in total. The summed E-state index contributed by atoms with van der Waals surface area (Å²) in [6.45, 7) is 9.37. The predicted octanol–water partition coefficient (Wildman–Crippen LogP) is 5.05. The molecule has 0 unspecified atom stereocenters. The molecule has 0 saturated carbocycles. The Kier molecular flexibility index (Phi) is 7.89. The van der Waals surface area contributed by atoms with E-state index in [0.29, 0.717) is 35.9 Å². The molecule has 0 radical (unpaired) electrons. The quantitative estimate of drug-likeness (QED) is 0.282. The van der Waals surface area contributed by atoms with Gasteiger partial charge in [-0.25, -0.2) is 9.59 Å². The number of nitrogens with one attached hydrogen (secondary N) is 1. The molecule has 0 aliphatic carbocycles. The Morgan fingerprint density at radius 1 is 1.10 bits per heavy atom. The van der Waals surface area contributed by atoms with Gasteiger partial charge in [-0.3, -0.25) is 4.79 Å². The molecule has 0 spiro atoms. The maximum Gasteiger partial charge on any atom is 0.407 e. The maximum absolute atomic E-state index is 12.1. The number of hydrogen-bond acceptors (Lipinski definition) is 6. The van der Waals surface area contributed by atoms with Crippen LogP contribution in [0.5, 0.6) is 5.75 Å². The minimum absolute atomic E-state index is 0.159. The lowest BCUT2D eigenvalue weighted by molar-refractivity contribution is -0.134. The van der Waals surface area contributed by atoms with Crippen LogP contribution in [0, 0.1) is 13.8 Å². The number of esters is 1. The zero-order valence-electron chi connectivity index (χ0n) is 18.0. The number of amides is 1. The lowest BCUT2D eigenvalue weighted by atomic mass is 10.1. The largest absolute Gasteiger partial charge is 0.444 e. The van der Waals surface area contributed by atoms with Crippen molar-refractivity contribution in [3.63, 3.8) is 0 Å². The van der Waals surface area contributed by atoms with E-state index in [4.69, 9.17) is 25.5 Å². The van der Waals surface area contributed by atoms with Crippen molar-refractivity contribution in [1.82, 2.24) is 5.32 Å². The number of hydrogen-bond donors (Lipinski definition) is 1. The highest BCUT2D eigenvalue weighted by atomic mass is 35.5. The van der Waals surface area contributed by atoms with Gasteiger partial charge in [0.1, 0.15) is 11.2 Å². The molecule has 0 aliphatic heterocycles. The number of ether oxygens (including phenoxy) is 2. The van der Waals surface area contributed by atoms with Crippen molar-refractivity contribution < 1.29 is 23.5 Å². The van der Waals surface area contributed by atoms with Crippen LogP contribution < -0.4 is 15.7 Å². The van der Waals surface area contributed by atoms with Crippen molar-refractivity contribution in [3.8, 4) is 5.75 Å². The van der Waals surface area contributed by atoms with Crippen LogP contribution in [0.2, 0.25) is 5.02 Å². The summed E-state index contributed by atoms with van der Waals surface area (Å²) < 4.78 is 15.8. The number of fused-ring (bicyclic) bond motifs is 1. The zero-order chi connectivity index (χ0) is 22.5. The molecule has 1 aromatic carbocycles. The second kappa shape index (κ2) is 9.98. The van der Waals surface area contributed by atoms with E-state index in [-0.39, 0.29) is 17.2 Å². The van der Waals surface area contributed by atoms with Crippen LogP contribution in [0.15, 0.2) is 21.3 Å². The average Bonchev–Trinajstić information content (AvgIpc) is 2.63. The number of carbonyl (C=O) groups excluding carboxylic acids is 2. The van der Waals surface area contributed by atoms with Crippen molar-refractivity contribution >= 4 is 34.6 Å². The summed E-state index contributed by atoms with van der Waals surface area (Å²) in [5.41, 5.74) is 0.659. The molecule has 1 amide bonds. The molecule has 2 rings (SSSR count). The molecule has 7 nitrogen and oxygen atoms in total. The summed E-state index contributed by atoms with van der Waals surface area (Å²) in [4.78, 5) is 35.5. The van der Waals surface area contributed by atoms with Crippen molar-refractivity contribution in [2.24, 2.45) is 0 Å². The average molecular weight is 438 g/mol. The van der Waals surface area contributed by atoms with Crippen molar-refractivity contribution in [1.29, 1.82) is 0 Å². The summed E-state index contributed by atoms with van der Waals surface area (Å²) in [7, 11) is 0. The molecule has 1 aromatic heterocycles. The maximum atomic E-state index is 12.1. The fourth-order valence-corrected chi connectivity index (χ4v) is 2.97. The summed E-state index contributed by atoms with van der Waals surface area (Å²) in [6, 6.07) is 3.10. The molecule has 30 heavy (non-hydrogen) atoms. The Bertz CT molecular complexity index is 990. The van der Waals surface area contributed by atoms with Gasteiger partial charge < -0.3 is 19.2 Å². The first-order chi connectivity index (χ1) is 14.0. The van der Waals surface area contributed by atoms with Gasteiger partial charge in [0.25, 0.3) is 0 Å². The van der Waals surface area contributed by atoms with Crippen LogP contribution >= 0.6 is 11.6 Å². The normalized spacial score (nSPS) is 11.4. The second-order valence-electron chi connectivity index (χ2n) is 8.13. The monoisotopic (exact) mass is 437 g/mol. The topological polar surface area (TPSA) is 94.8 Å². The summed E-state index contributed by atoms with van der Waals surface area (Å²) in [5.74, 6) is -0.269. The number of aryl methyl sites for hydroxylation is 1. The first kappa shape index (κ1) is 23.7. The Balaban J connectivity index is 1.82. The standard InChI is InChI=1S/C22H28ClNO6/c1-13-14(2)20(26)29-17-12-18(16(23)11-15(13)17)28-19(25)9-7-6-8-10-24-21(27)30-22(3,4)5/h11-12H,6-10H2,1-5H3,(H,24,27). The van der Waals surface area contributed by atoms with Crippen LogP contribution in [0.4, 0.5) is 4.79 Å². The third kappa shape index (κ3) is 6.76. The fourth-order valence-electron chi connectivity index (χ4n) is 2.77. The van der Waals surface area contributed by atoms with E-state index in [1.165, 1.54) is 6.07 Å². The number of carbonyl (C=O) groups is 2. The van der Waals surface area contributed by atoms with Crippen LogP contribution in [0.3, 0.4) is 0 Å². The van der Waals surface area contributed by atoms with E-state index >= 15 is 0 Å². The van der Waals surface area contributed by atoms with E-state index in [1.54, 1.807) is 33.8 Å². The third-order valence-electron chi connectivity index (χ3n) is 4.46. The molecule has 0 fully saturated rings. The highest BCUT2D eigenvalue weighted by Gasteiger charge is 2.16. The predicted molar refractivity (Wildman–Crippen MR) is 115 cm³/mol. The Morgan fingerprint density at radius 2 is 1.80 bits per heavy atom. The molecule has 8 heteroatoms. The van der Waals surface area contributed by atoms with Crippen molar-refractivity contribution in [3.05, 3.63) is 38.7 Å². The van der Waals surface area contributed by atoms with Gasteiger partial charge in [-0.15, -0.1) is 0 Å². The van der Waals surface area contributed by atoms with Gasteiger partial charge in [0.2, 0.25) is 0 Å². The van der Waals surface area contributed by atoms with Gasteiger partial charge in [0, 0.05) is 30.0 Å². The number of rotatable bonds is 7. The van der Waals surface area contributed by atoms with E-state index < -0.39 is 23.3 Å². The highest BCUT2D eigenvalue weighted by Crippen LogP contribution is 2.32. The molecule has 1 heterocycles. The van der Waals surface area contributed by atoms with Gasteiger partial charge in [-0.2, -0.15) is 0 Å². The number of benzene rings is 1. The lowest BCUT2D eigenvalue weighted by Crippen LogP contribution is -2.33. The molecule has 164 valence electrons. The van der Waals surface area contributed by atoms with Gasteiger partial charge in [0.15, 0.2) is 5.75 Å². The highest BCUT2D eigenvalue weighted by molar-refractivity contribution is 6.33. The molecule has 0 atom stereocenters. The number of halogens is 1. The fraction of sp³-hybridized carbons (Fsp3) is 0.500. The van der Waals surface area contributed by atoms with Crippen LogP contribution in [0.1, 0.15) is 57.6 Å².